The Morgan fingerprint density at radius 3 is 3.18 bits per heavy atom. The molecule has 0 atom stereocenters. The van der Waals surface area contributed by atoms with Gasteiger partial charge in [-0.2, -0.15) is 0 Å². The highest BCUT2D eigenvalue weighted by atomic mass is 32.1. The van der Waals surface area contributed by atoms with Gasteiger partial charge < -0.3 is 4.84 Å². The lowest BCUT2D eigenvalue weighted by Crippen LogP contribution is -1.98. The molecule has 2 N–H and O–H groups in total. The molecule has 0 bridgehead atoms. The summed E-state index contributed by atoms with van der Waals surface area (Å²) in [6, 6.07) is 4.11. The van der Waals surface area contributed by atoms with E-state index >= 15 is 0 Å². The van der Waals surface area contributed by atoms with Gasteiger partial charge in [0.2, 0.25) is 0 Å². The molecule has 1 rings (SSSR count). The number of hydrogen-bond donors (Lipinski definition) is 1. The first kappa shape index (κ1) is 8.46. The molecule has 0 aliphatic heterocycles. The second-order valence-electron chi connectivity index (χ2n) is 2.08. The highest BCUT2D eigenvalue weighted by molar-refractivity contribution is 7.10. The summed E-state index contributed by atoms with van der Waals surface area (Å²) in [7, 11) is 0. The third-order valence-electron chi connectivity index (χ3n) is 1.23. The maximum absolute atomic E-state index is 4.86. The minimum Gasteiger partial charge on any atom is -0.304 e. The maximum Gasteiger partial charge on any atom is 0.0713 e. The Bertz CT molecular complexity index is 206. The largest absolute Gasteiger partial charge is 0.304 e. The number of thiophene rings is 1. The van der Waals surface area contributed by atoms with E-state index < -0.39 is 0 Å². The molecule has 0 aromatic carbocycles. The van der Waals surface area contributed by atoms with E-state index in [9.17, 15) is 0 Å². The van der Waals surface area contributed by atoms with Crippen molar-refractivity contribution in [2.24, 2.45) is 5.90 Å². The third kappa shape index (κ3) is 3.32. The summed E-state index contributed by atoms with van der Waals surface area (Å²) < 4.78 is 0. The Kier molecular flexibility index (Phi) is 3.90. The summed E-state index contributed by atoms with van der Waals surface area (Å²) in [6.07, 6.45) is 5.00. The topological polar surface area (TPSA) is 35.2 Å². The quantitative estimate of drug-likeness (QED) is 0.553. The van der Waals surface area contributed by atoms with Crippen molar-refractivity contribution >= 4 is 17.4 Å². The zero-order valence-electron chi connectivity index (χ0n) is 6.19. The zero-order chi connectivity index (χ0) is 7.94. The van der Waals surface area contributed by atoms with Gasteiger partial charge in [-0.3, -0.25) is 0 Å². The van der Waals surface area contributed by atoms with Crippen LogP contribution in [0.25, 0.3) is 6.08 Å². The first-order valence-electron chi connectivity index (χ1n) is 3.45. The molecule has 0 unspecified atom stereocenters. The maximum atomic E-state index is 4.86. The van der Waals surface area contributed by atoms with Gasteiger partial charge in [0, 0.05) is 4.88 Å². The monoisotopic (exact) mass is 169 g/mol. The van der Waals surface area contributed by atoms with Crippen LogP contribution < -0.4 is 5.90 Å². The summed E-state index contributed by atoms with van der Waals surface area (Å²) in [5, 5.41) is 2.05. The molecule has 11 heavy (non-hydrogen) atoms. The van der Waals surface area contributed by atoms with Crippen molar-refractivity contribution in [1.82, 2.24) is 0 Å². The van der Waals surface area contributed by atoms with Gasteiger partial charge in [0.15, 0.2) is 0 Å². The fourth-order valence-corrected chi connectivity index (χ4v) is 1.37. The van der Waals surface area contributed by atoms with E-state index in [-0.39, 0.29) is 0 Å². The smallest absolute Gasteiger partial charge is 0.0713 e. The fourth-order valence-electron chi connectivity index (χ4n) is 0.722. The van der Waals surface area contributed by atoms with Gasteiger partial charge >= 0.3 is 0 Å². The lowest BCUT2D eigenvalue weighted by molar-refractivity contribution is 0.143. The van der Waals surface area contributed by atoms with Crippen molar-refractivity contribution in [2.45, 2.75) is 6.42 Å². The first-order valence-corrected chi connectivity index (χ1v) is 4.33. The van der Waals surface area contributed by atoms with Crippen LogP contribution in [0.3, 0.4) is 0 Å². The molecule has 1 aromatic rings. The van der Waals surface area contributed by atoms with Crippen molar-refractivity contribution in [3.05, 3.63) is 28.5 Å². The Labute approximate surface area is 70.2 Å². The number of hydrogen-bond acceptors (Lipinski definition) is 3. The normalized spacial score (nSPS) is 11.0. The standard InChI is InChI=1S/C8H11NOS/c9-10-6-2-1-4-8-5-3-7-11-8/h1,3-5,7H,2,6,9H2. The van der Waals surface area contributed by atoms with Gasteiger partial charge in [-0.15, -0.1) is 11.3 Å². The van der Waals surface area contributed by atoms with Crippen LogP contribution in [0.1, 0.15) is 11.3 Å². The lowest BCUT2D eigenvalue weighted by Gasteiger charge is -1.88. The highest BCUT2D eigenvalue weighted by Gasteiger charge is 1.84. The second kappa shape index (κ2) is 5.07. The SMILES string of the molecule is NOCCC=Cc1cccs1. The predicted molar refractivity (Wildman–Crippen MR) is 48.1 cm³/mol. The molecule has 0 spiro atoms. The van der Waals surface area contributed by atoms with E-state index in [1.165, 1.54) is 4.88 Å². The Morgan fingerprint density at radius 1 is 1.64 bits per heavy atom. The van der Waals surface area contributed by atoms with Crippen LogP contribution in [-0.2, 0) is 4.84 Å². The Hall–Kier alpha value is -0.640. The van der Waals surface area contributed by atoms with Gasteiger partial charge in [-0.05, 0) is 23.9 Å². The molecule has 3 heteroatoms. The molecule has 1 heterocycles. The molecule has 0 aliphatic carbocycles. The van der Waals surface area contributed by atoms with E-state index in [4.69, 9.17) is 5.90 Å². The summed E-state index contributed by atoms with van der Waals surface area (Å²) in [4.78, 5) is 5.68. The second-order valence-corrected chi connectivity index (χ2v) is 3.06. The molecule has 0 saturated carbocycles. The first-order chi connectivity index (χ1) is 5.43. The molecule has 0 saturated heterocycles. The average Bonchev–Trinajstić information content (AvgIpc) is 2.50. The van der Waals surface area contributed by atoms with Crippen molar-refractivity contribution in [3.63, 3.8) is 0 Å². The van der Waals surface area contributed by atoms with E-state index in [1.807, 2.05) is 6.07 Å². The van der Waals surface area contributed by atoms with Crippen LogP contribution in [-0.4, -0.2) is 6.61 Å². The molecular weight excluding hydrogens is 158 g/mol. The molecular formula is C8H11NOS. The molecule has 0 fully saturated rings. The lowest BCUT2D eigenvalue weighted by atomic mass is 10.3. The Morgan fingerprint density at radius 2 is 2.55 bits per heavy atom. The molecule has 0 aliphatic rings. The number of rotatable bonds is 4. The van der Waals surface area contributed by atoms with Crippen molar-refractivity contribution in [2.75, 3.05) is 6.61 Å². The highest BCUT2D eigenvalue weighted by Crippen LogP contribution is 2.10. The zero-order valence-corrected chi connectivity index (χ0v) is 7.01. The molecule has 2 nitrogen and oxygen atoms in total. The van der Waals surface area contributed by atoms with Gasteiger partial charge in [0.1, 0.15) is 0 Å². The summed E-state index contributed by atoms with van der Waals surface area (Å²) in [5.41, 5.74) is 0. The van der Waals surface area contributed by atoms with Crippen molar-refractivity contribution in [1.29, 1.82) is 0 Å². The fraction of sp³-hybridized carbons (Fsp3) is 0.250. The summed E-state index contributed by atoms with van der Waals surface area (Å²) in [5.74, 6) is 4.86. The van der Waals surface area contributed by atoms with Crippen molar-refractivity contribution < 1.29 is 4.84 Å². The average molecular weight is 169 g/mol. The molecule has 60 valence electrons. The van der Waals surface area contributed by atoms with E-state index in [0.717, 1.165) is 6.42 Å². The van der Waals surface area contributed by atoms with E-state index in [2.05, 4.69) is 28.4 Å². The predicted octanol–water partition coefficient (Wildman–Crippen LogP) is 2.04. The molecule has 1 aromatic heterocycles. The van der Waals surface area contributed by atoms with Crippen LogP contribution in [0.2, 0.25) is 0 Å². The van der Waals surface area contributed by atoms with Gasteiger partial charge in [-0.1, -0.05) is 12.1 Å². The van der Waals surface area contributed by atoms with Crippen LogP contribution in [0.5, 0.6) is 0 Å². The number of nitrogens with two attached hydrogens (primary N) is 1. The molecule has 0 amide bonds. The summed E-state index contributed by atoms with van der Waals surface area (Å²) in [6.45, 7) is 0.585. The van der Waals surface area contributed by atoms with E-state index in [1.54, 1.807) is 11.3 Å². The minimum atomic E-state index is 0.585. The van der Waals surface area contributed by atoms with Crippen LogP contribution in [0.15, 0.2) is 23.6 Å². The van der Waals surface area contributed by atoms with Crippen LogP contribution >= 0.6 is 11.3 Å². The Balaban J connectivity index is 2.25. The summed E-state index contributed by atoms with van der Waals surface area (Å²) >= 11 is 1.72. The van der Waals surface area contributed by atoms with Gasteiger partial charge in [0.05, 0.1) is 6.61 Å². The van der Waals surface area contributed by atoms with Gasteiger partial charge in [0.25, 0.3) is 0 Å². The minimum absolute atomic E-state index is 0.585. The van der Waals surface area contributed by atoms with Crippen LogP contribution in [0.4, 0.5) is 0 Å². The third-order valence-corrected chi connectivity index (χ3v) is 2.07. The van der Waals surface area contributed by atoms with E-state index in [0.29, 0.717) is 6.61 Å². The van der Waals surface area contributed by atoms with Gasteiger partial charge in [-0.25, -0.2) is 5.90 Å². The van der Waals surface area contributed by atoms with Crippen LogP contribution in [0, 0.1) is 0 Å². The van der Waals surface area contributed by atoms with Crippen molar-refractivity contribution in [3.8, 4) is 0 Å². The molecule has 0 radical (unpaired) electrons.